The molecule has 0 spiro atoms. The van der Waals surface area contributed by atoms with Gasteiger partial charge in [0.05, 0.1) is 6.04 Å². The molecule has 154 valence electrons. The van der Waals surface area contributed by atoms with Gasteiger partial charge in [0.2, 0.25) is 5.91 Å². The van der Waals surface area contributed by atoms with Gasteiger partial charge in [-0.15, -0.1) is 0 Å². The van der Waals surface area contributed by atoms with Crippen LogP contribution in [0, 0.1) is 5.92 Å². The van der Waals surface area contributed by atoms with Gasteiger partial charge in [0.15, 0.2) is 11.5 Å². The van der Waals surface area contributed by atoms with E-state index in [0.29, 0.717) is 13.2 Å². The standard InChI is InChI=1S/C23H27ClN2O3/c1-16(19-4-7-21-22(14-19)29-13-12-28-21)25-23(27)18-8-10-26(11-9-18)15-17-2-5-20(24)6-3-17/h2-7,14,16,18H,8-13,15H2,1H3,(H,25,27). The summed E-state index contributed by atoms with van der Waals surface area (Å²) in [5.74, 6) is 1.73. The van der Waals surface area contributed by atoms with E-state index in [9.17, 15) is 4.79 Å². The van der Waals surface area contributed by atoms with Crippen LogP contribution >= 0.6 is 11.6 Å². The van der Waals surface area contributed by atoms with Crippen LogP contribution in [0.2, 0.25) is 5.02 Å². The van der Waals surface area contributed by atoms with Crippen molar-refractivity contribution in [2.24, 2.45) is 5.92 Å². The van der Waals surface area contributed by atoms with Gasteiger partial charge in [-0.2, -0.15) is 0 Å². The van der Waals surface area contributed by atoms with E-state index in [4.69, 9.17) is 21.1 Å². The minimum Gasteiger partial charge on any atom is -0.486 e. The molecule has 0 aromatic heterocycles. The number of nitrogens with one attached hydrogen (secondary N) is 1. The van der Waals surface area contributed by atoms with Crippen LogP contribution in [0.15, 0.2) is 42.5 Å². The van der Waals surface area contributed by atoms with Crippen molar-refractivity contribution >= 4 is 17.5 Å². The van der Waals surface area contributed by atoms with Gasteiger partial charge in [0.1, 0.15) is 13.2 Å². The predicted octanol–water partition coefficient (Wildman–Crippen LogP) is 4.20. The summed E-state index contributed by atoms with van der Waals surface area (Å²) in [5, 5.41) is 3.94. The molecule has 1 fully saturated rings. The number of amides is 1. The maximum Gasteiger partial charge on any atom is 0.223 e. The Morgan fingerprint density at radius 1 is 1.10 bits per heavy atom. The molecule has 1 N–H and O–H groups in total. The van der Waals surface area contributed by atoms with Crippen molar-refractivity contribution in [1.29, 1.82) is 0 Å². The van der Waals surface area contributed by atoms with E-state index in [1.54, 1.807) is 0 Å². The highest BCUT2D eigenvalue weighted by atomic mass is 35.5. The van der Waals surface area contributed by atoms with Crippen LogP contribution in [0.25, 0.3) is 0 Å². The van der Waals surface area contributed by atoms with Gasteiger partial charge in [0.25, 0.3) is 0 Å². The highest BCUT2D eigenvalue weighted by Crippen LogP contribution is 2.32. The quantitative estimate of drug-likeness (QED) is 0.796. The van der Waals surface area contributed by atoms with Gasteiger partial charge in [-0.1, -0.05) is 29.8 Å². The number of hydrogen-bond donors (Lipinski definition) is 1. The molecule has 0 bridgehead atoms. The van der Waals surface area contributed by atoms with Gasteiger partial charge in [-0.3, -0.25) is 9.69 Å². The molecule has 2 aromatic carbocycles. The second-order valence-electron chi connectivity index (χ2n) is 7.81. The van der Waals surface area contributed by atoms with Crippen LogP contribution < -0.4 is 14.8 Å². The average molecular weight is 415 g/mol. The van der Waals surface area contributed by atoms with E-state index >= 15 is 0 Å². The number of carbonyl (C=O) groups excluding carboxylic acids is 1. The number of carbonyl (C=O) groups is 1. The molecule has 2 heterocycles. The maximum absolute atomic E-state index is 12.8. The molecule has 4 rings (SSSR count). The first kappa shape index (κ1) is 20.0. The summed E-state index contributed by atoms with van der Waals surface area (Å²) < 4.78 is 11.2. The molecule has 2 aliphatic rings. The van der Waals surface area contributed by atoms with Crippen molar-refractivity contribution in [1.82, 2.24) is 10.2 Å². The normalized spacial score (nSPS) is 18.3. The third-order valence-electron chi connectivity index (χ3n) is 5.70. The lowest BCUT2D eigenvalue weighted by Crippen LogP contribution is -2.40. The van der Waals surface area contributed by atoms with Crippen LogP contribution in [-0.2, 0) is 11.3 Å². The fourth-order valence-corrected chi connectivity index (χ4v) is 4.07. The largest absolute Gasteiger partial charge is 0.486 e. The SMILES string of the molecule is CC(NC(=O)C1CCN(Cc2ccc(Cl)cc2)CC1)c1ccc2c(c1)OCCO2. The number of fused-ring (bicyclic) bond motifs is 1. The lowest BCUT2D eigenvalue weighted by Gasteiger charge is -2.32. The van der Waals surface area contributed by atoms with Gasteiger partial charge < -0.3 is 14.8 Å². The number of benzene rings is 2. The Morgan fingerprint density at radius 2 is 1.79 bits per heavy atom. The van der Waals surface area contributed by atoms with Crippen LogP contribution in [0.4, 0.5) is 0 Å². The van der Waals surface area contributed by atoms with Crippen LogP contribution in [0.3, 0.4) is 0 Å². The van der Waals surface area contributed by atoms with Crippen LogP contribution in [-0.4, -0.2) is 37.1 Å². The van der Waals surface area contributed by atoms with E-state index in [1.165, 1.54) is 5.56 Å². The summed E-state index contributed by atoms with van der Waals surface area (Å²) in [6, 6.07) is 13.8. The fourth-order valence-electron chi connectivity index (χ4n) is 3.95. The fraction of sp³-hybridized carbons (Fsp3) is 0.435. The Labute approximate surface area is 176 Å². The molecular formula is C23H27ClN2O3. The number of rotatable bonds is 5. The first-order valence-electron chi connectivity index (χ1n) is 10.3. The minimum atomic E-state index is -0.0644. The summed E-state index contributed by atoms with van der Waals surface area (Å²) in [6.07, 6.45) is 1.76. The number of likely N-dealkylation sites (tertiary alicyclic amines) is 1. The zero-order valence-electron chi connectivity index (χ0n) is 16.7. The molecule has 0 radical (unpaired) electrons. The molecule has 1 unspecified atom stereocenters. The van der Waals surface area contributed by atoms with Crippen molar-refractivity contribution in [2.75, 3.05) is 26.3 Å². The molecule has 1 saturated heterocycles. The van der Waals surface area contributed by atoms with Gasteiger partial charge in [0, 0.05) is 17.5 Å². The summed E-state index contributed by atoms with van der Waals surface area (Å²) in [4.78, 5) is 15.2. The topological polar surface area (TPSA) is 50.8 Å². The second-order valence-corrected chi connectivity index (χ2v) is 8.25. The number of hydrogen-bond acceptors (Lipinski definition) is 4. The van der Waals surface area contributed by atoms with Gasteiger partial charge >= 0.3 is 0 Å². The van der Waals surface area contributed by atoms with Crippen LogP contribution in [0.5, 0.6) is 11.5 Å². The Balaban J connectivity index is 1.27. The highest BCUT2D eigenvalue weighted by molar-refractivity contribution is 6.30. The summed E-state index contributed by atoms with van der Waals surface area (Å²) in [5.41, 5.74) is 2.28. The maximum atomic E-state index is 12.8. The molecule has 29 heavy (non-hydrogen) atoms. The lowest BCUT2D eigenvalue weighted by atomic mass is 9.94. The van der Waals surface area contributed by atoms with Gasteiger partial charge in [-0.05, 0) is 68.2 Å². The van der Waals surface area contributed by atoms with Gasteiger partial charge in [-0.25, -0.2) is 0 Å². The van der Waals surface area contributed by atoms with E-state index in [0.717, 1.165) is 54.6 Å². The number of ether oxygens (including phenoxy) is 2. The summed E-state index contributed by atoms with van der Waals surface area (Å²) in [6.45, 7) is 5.91. The van der Waals surface area contributed by atoms with Crippen molar-refractivity contribution in [3.63, 3.8) is 0 Å². The molecule has 6 heteroatoms. The Bertz CT molecular complexity index is 848. The molecule has 1 atom stereocenters. The third-order valence-corrected chi connectivity index (χ3v) is 5.95. The van der Waals surface area contributed by atoms with E-state index in [2.05, 4.69) is 22.3 Å². The monoisotopic (exact) mass is 414 g/mol. The lowest BCUT2D eigenvalue weighted by molar-refractivity contribution is -0.127. The molecule has 5 nitrogen and oxygen atoms in total. The first-order valence-corrected chi connectivity index (χ1v) is 10.6. The second kappa shape index (κ2) is 9.06. The summed E-state index contributed by atoms with van der Waals surface area (Å²) in [7, 11) is 0. The number of nitrogens with zero attached hydrogens (tertiary/aromatic N) is 1. The molecular weight excluding hydrogens is 388 g/mol. The Hall–Kier alpha value is -2.24. The predicted molar refractivity (Wildman–Crippen MR) is 113 cm³/mol. The molecule has 0 saturated carbocycles. The average Bonchev–Trinajstić information content (AvgIpc) is 2.75. The molecule has 1 amide bonds. The smallest absolute Gasteiger partial charge is 0.223 e. The minimum absolute atomic E-state index is 0.0644. The first-order chi connectivity index (χ1) is 14.1. The zero-order valence-corrected chi connectivity index (χ0v) is 17.5. The van der Waals surface area contributed by atoms with E-state index < -0.39 is 0 Å². The number of halogens is 1. The van der Waals surface area contributed by atoms with Crippen LogP contribution in [0.1, 0.15) is 36.9 Å². The molecule has 2 aromatic rings. The Morgan fingerprint density at radius 3 is 2.52 bits per heavy atom. The van der Waals surface area contributed by atoms with Crippen molar-refractivity contribution in [3.8, 4) is 11.5 Å². The zero-order chi connectivity index (χ0) is 20.2. The third kappa shape index (κ3) is 5.03. The number of piperidine rings is 1. The molecule has 2 aliphatic heterocycles. The van der Waals surface area contributed by atoms with Crippen molar-refractivity contribution in [2.45, 2.75) is 32.4 Å². The molecule has 0 aliphatic carbocycles. The summed E-state index contributed by atoms with van der Waals surface area (Å²) >= 11 is 5.96. The Kier molecular flexibility index (Phi) is 6.26. The van der Waals surface area contributed by atoms with E-state index in [1.807, 2.05) is 37.3 Å². The highest BCUT2D eigenvalue weighted by Gasteiger charge is 2.26. The van der Waals surface area contributed by atoms with E-state index in [-0.39, 0.29) is 17.9 Å². The van der Waals surface area contributed by atoms with Crippen molar-refractivity contribution < 1.29 is 14.3 Å². The van der Waals surface area contributed by atoms with Crippen molar-refractivity contribution in [3.05, 3.63) is 58.6 Å².